The number of nitrogens with one attached hydrogen (secondary N) is 2. The van der Waals surface area contributed by atoms with Crippen LogP contribution in [-0.4, -0.2) is 34.9 Å². The van der Waals surface area contributed by atoms with E-state index in [9.17, 15) is 14.4 Å². The number of halogens is 2. The van der Waals surface area contributed by atoms with Crippen LogP contribution >= 0.6 is 23.2 Å². The van der Waals surface area contributed by atoms with Gasteiger partial charge in [0.2, 0.25) is 0 Å². The van der Waals surface area contributed by atoms with Gasteiger partial charge in [-0.05, 0) is 36.4 Å². The summed E-state index contributed by atoms with van der Waals surface area (Å²) < 4.78 is 5.20. The number of hydrazine groups is 2. The Morgan fingerprint density at radius 1 is 1.07 bits per heavy atom. The second-order valence-electron chi connectivity index (χ2n) is 5.18. The molecule has 27 heavy (non-hydrogen) atoms. The fourth-order valence-corrected chi connectivity index (χ4v) is 2.13. The lowest BCUT2D eigenvalue weighted by atomic mass is 10.2. The zero-order valence-electron chi connectivity index (χ0n) is 13.9. The van der Waals surface area contributed by atoms with Gasteiger partial charge in [-0.1, -0.05) is 41.4 Å². The fourth-order valence-electron chi connectivity index (χ4n) is 1.85. The van der Waals surface area contributed by atoms with E-state index < -0.39 is 29.8 Å². The molecule has 0 aliphatic rings. The molecule has 0 spiro atoms. The molecule has 1 unspecified atom stereocenters. The summed E-state index contributed by atoms with van der Waals surface area (Å²) in [7, 11) is 0. The first-order valence-electron chi connectivity index (χ1n) is 7.64. The molecule has 1 atom stereocenters. The second kappa shape index (κ2) is 9.77. The summed E-state index contributed by atoms with van der Waals surface area (Å²) in [6.45, 7) is -0.421. The van der Waals surface area contributed by atoms with E-state index in [2.05, 4.69) is 10.7 Å². The molecule has 0 aliphatic heterocycles. The number of carbonyl (C=O) groups excluding carboxylic acids is 3. The minimum atomic E-state index is -1.44. The Hall–Kier alpha value is -2.81. The first-order chi connectivity index (χ1) is 12.9. The van der Waals surface area contributed by atoms with E-state index in [0.717, 1.165) is 0 Å². The van der Waals surface area contributed by atoms with E-state index in [1.165, 1.54) is 12.1 Å². The van der Waals surface area contributed by atoms with Gasteiger partial charge in [-0.3, -0.25) is 14.4 Å². The van der Waals surface area contributed by atoms with Crippen LogP contribution in [0.3, 0.4) is 0 Å². The number of rotatable bonds is 6. The molecule has 0 fully saturated rings. The average Bonchev–Trinajstić information content (AvgIpc) is 2.68. The molecule has 8 nitrogen and oxygen atoms in total. The van der Waals surface area contributed by atoms with Crippen LogP contribution in [0.25, 0.3) is 0 Å². The van der Waals surface area contributed by atoms with Crippen molar-refractivity contribution < 1.29 is 19.1 Å². The molecular weight excluding hydrogens is 395 g/mol. The van der Waals surface area contributed by atoms with E-state index in [-0.39, 0.29) is 0 Å². The van der Waals surface area contributed by atoms with Gasteiger partial charge in [-0.2, -0.15) is 5.12 Å². The third-order valence-electron chi connectivity index (χ3n) is 3.19. The molecule has 0 heterocycles. The molecule has 4 N–H and O–H groups in total. The first kappa shape index (κ1) is 20.5. The SMILES string of the molecule is NN(NC(=O)C(Cl)Oc1ccc(Cl)cc1)C(=O)CNC(=O)c1ccccc1. The van der Waals surface area contributed by atoms with Crippen molar-refractivity contribution in [1.29, 1.82) is 0 Å². The Kier molecular flexibility index (Phi) is 7.42. The van der Waals surface area contributed by atoms with Crippen LogP contribution in [0.2, 0.25) is 5.02 Å². The highest BCUT2D eigenvalue weighted by atomic mass is 35.5. The standard InChI is InChI=1S/C17H16Cl2N4O4/c18-12-6-8-13(9-7-12)27-15(19)17(26)22-23(20)14(24)10-21-16(25)11-4-2-1-3-5-11/h1-9,15H,10,20H2,(H,21,25)(H,22,26). The van der Waals surface area contributed by atoms with Crippen molar-refractivity contribution in [3.8, 4) is 5.75 Å². The Balaban J connectivity index is 1.79. The van der Waals surface area contributed by atoms with E-state index in [1.54, 1.807) is 42.5 Å². The van der Waals surface area contributed by atoms with Crippen molar-refractivity contribution in [2.45, 2.75) is 5.56 Å². The maximum absolute atomic E-state index is 11.9. The number of ether oxygens (including phenoxy) is 1. The molecule has 142 valence electrons. The number of alkyl halides is 1. The average molecular weight is 411 g/mol. The van der Waals surface area contributed by atoms with Gasteiger partial charge >= 0.3 is 0 Å². The van der Waals surface area contributed by atoms with Crippen molar-refractivity contribution in [1.82, 2.24) is 15.9 Å². The topological polar surface area (TPSA) is 114 Å². The predicted octanol–water partition coefficient (Wildman–Crippen LogP) is 1.45. The molecule has 0 aliphatic carbocycles. The third-order valence-corrected chi connectivity index (χ3v) is 3.73. The highest BCUT2D eigenvalue weighted by Gasteiger charge is 2.21. The molecule has 0 saturated heterocycles. The number of hydrogen-bond donors (Lipinski definition) is 3. The molecule has 2 rings (SSSR count). The van der Waals surface area contributed by atoms with Crippen LogP contribution in [0.15, 0.2) is 54.6 Å². The van der Waals surface area contributed by atoms with Gasteiger partial charge in [0.15, 0.2) is 0 Å². The van der Waals surface area contributed by atoms with Crippen LogP contribution in [0, 0.1) is 0 Å². The number of benzene rings is 2. The molecule has 0 bridgehead atoms. The van der Waals surface area contributed by atoms with Gasteiger partial charge in [0.1, 0.15) is 12.3 Å². The summed E-state index contributed by atoms with van der Waals surface area (Å²) in [5.41, 5.74) is 1.01. The lowest BCUT2D eigenvalue weighted by Gasteiger charge is -2.20. The lowest BCUT2D eigenvalue weighted by molar-refractivity contribution is -0.142. The van der Waals surface area contributed by atoms with Crippen molar-refractivity contribution in [3.05, 3.63) is 65.2 Å². The Morgan fingerprint density at radius 2 is 1.70 bits per heavy atom. The maximum Gasteiger partial charge on any atom is 0.296 e. The van der Waals surface area contributed by atoms with Crippen molar-refractivity contribution >= 4 is 40.9 Å². The number of carbonyl (C=O) groups is 3. The van der Waals surface area contributed by atoms with Crippen molar-refractivity contribution in [2.75, 3.05) is 6.54 Å². The zero-order chi connectivity index (χ0) is 19.8. The number of nitrogens with two attached hydrogens (primary N) is 1. The zero-order valence-corrected chi connectivity index (χ0v) is 15.4. The lowest BCUT2D eigenvalue weighted by Crippen LogP contribution is -2.56. The largest absolute Gasteiger partial charge is 0.465 e. The summed E-state index contributed by atoms with van der Waals surface area (Å²) in [5.74, 6) is 3.69. The third kappa shape index (κ3) is 6.45. The summed E-state index contributed by atoms with van der Waals surface area (Å²) >= 11 is 11.6. The minimum Gasteiger partial charge on any atom is -0.465 e. The summed E-state index contributed by atoms with van der Waals surface area (Å²) in [4.78, 5) is 35.7. The highest BCUT2D eigenvalue weighted by molar-refractivity contribution is 6.30. The Morgan fingerprint density at radius 3 is 2.33 bits per heavy atom. The van der Waals surface area contributed by atoms with Gasteiger partial charge in [0.25, 0.3) is 23.3 Å². The molecular formula is C17H16Cl2N4O4. The molecule has 0 radical (unpaired) electrons. The Labute approximate surface area is 165 Å². The van der Waals surface area contributed by atoms with Gasteiger partial charge in [-0.25, -0.2) is 11.3 Å². The summed E-state index contributed by atoms with van der Waals surface area (Å²) in [5, 5.41) is 3.31. The summed E-state index contributed by atoms with van der Waals surface area (Å²) in [6.07, 6.45) is 0. The fraction of sp³-hybridized carbons (Fsp3) is 0.118. The minimum absolute atomic E-state index is 0.305. The van der Waals surface area contributed by atoms with Crippen LogP contribution in [0.4, 0.5) is 0 Å². The first-order valence-corrected chi connectivity index (χ1v) is 8.46. The van der Waals surface area contributed by atoms with Gasteiger partial charge in [-0.15, -0.1) is 0 Å². The van der Waals surface area contributed by atoms with E-state index in [4.69, 9.17) is 33.8 Å². The molecule has 0 aromatic heterocycles. The highest BCUT2D eigenvalue weighted by Crippen LogP contribution is 2.17. The van der Waals surface area contributed by atoms with Gasteiger partial charge in [0.05, 0.1) is 0 Å². The normalized spacial score (nSPS) is 11.2. The van der Waals surface area contributed by atoms with Crippen molar-refractivity contribution in [3.63, 3.8) is 0 Å². The molecule has 2 aromatic rings. The van der Waals surface area contributed by atoms with Crippen molar-refractivity contribution in [2.24, 2.45) is 5.84 Å². The maximum atomic E-state index is 11.9. The number of hydrogen-bond acceptors (Lipinski definition) is 5. The molecule has 2 aromatic carbocycles. The monoisotopic (exact) mass is 410 g/mol. The van der Waals surface area contributed by atoms with Gasteiger partial charge < -0.3 is 10.1 Å². The van der Waals surface area contributed by atoms with Crippen LogP contribution < -0.4 is 21.3 Å². The van der Waals surface area contributed by atoms with Gasteiger partial charge in [0, 0.05) is 10.6 Å². The predicted molar refractivity (Wildman–Crippen MR) is 99.7 cm³/mol. The molecule has 3 amide bonds. The quantitative estimate of drug-likeness (QED) is 0.288. The van der Waals surface area contributed by atoms with Crippen LogP contribution in [-0.2, 0) is 9.59 Å². The second-order valence-corrected chi connectivity index (χ2v) is 6.01. The molecule has 10 heteroatoms. The smallest absolute Gasteiger partial charge is 0.296 e. The summed E-state index contributed by atoms with van der Waals surface area (Å²) in [6, 6.07) is 14.5. The van der Waals surface area contributed by atoms with E-state index in [0.29, 0.717) is 21.5 Å². The number of amides is 3. The van der Waals surface area contributed by atoms with Crippen LogP contribution in [0.1, 0.15) is 10.4 Å². The van der Waals surface area contributed by atoms with E-state index >= 15 is 0 Å². The Bertz CT molecular complexity index is 802. The van der Waals surface area contributed by atoms with E-state index in [1.807, 2.05) is 0 Å². The molecule has 0 saturated carbocycles. The van der Waals surface area contributed by atoms with Crippen LogP contribution in [0.5, 0.6) is 5.75 Å². The number of nitrogens with zero attached hydrogens (tertiary/aromatic N) is 1.